The number of hydrogen-bond donors (Lipinski definition) is 1. The van der Waals surface area contributed by atoms with Crippen LogP contribution in [0.1, 0.15) is 28.0 Å². The Morgan fingerprint density at radius 2 is 2.05 bits per heavy atom. The fraction of sp³-hybridized carbons (Fsp3) is 0.333. The van der Waals surface area contributed by atoms with Crippen LogP contribution in [0.5, 0.6) is 5.75 Å². The maximum absolute atomic E-state index is 12.6. The number of pyridine rings is 1. The van der Waals surface area contributed by atoms with Crippen LogP contribution in [-0.4, -0.2) is 16.6 Å². The molecule has 0 radical (unpaired) electrons. The monoisotopic (exact) mass is 304 g/mol. The minimum atomic E-state index is -5.27. The van der Waals surface area contributed by atoms with Crippen LogP contribution in [0, 0.1) is 0 Å². The summed E-state index contributed by atoms with van der Waals surface area (Å²) in [6.07, 6.45) is -8.14. The first-order chi connectivity index (χ1) is 8.67. The summed E-state index contributed by atoms with van der Waals surface area (Å²) in [4.78, 5) is 14.5. The first-order valence-electron chi connectivity index (χ1n) is 4.63. The predicted molar refractivity (Wildman–Crippen MR) is 54.0 cm³/mol. The number of carbonyl (C=O) groups is 1. The zero-order valence-electron chi connectivity index (χ0n) is 8.97. The number of aromatic nitrogens is 1. The summed E-state index contributed by atoms with van der Waals surface area (Å²) in [6, 6.07) is 0. The van der Waals surface area contributed by atoms with Gasteiger partial charge in [-0.05, 0) is 11.6 Å². The molecule has 106 valence electrons. The highest BCUT2D eigenvalue weighted by Gasteiger charge is 2.36. The normalized spacial score (nSPS) is 11.8. The van der Waals surface area contributed by atoms with Crippen LogP contribution in [0.4, 0.5) is 22.0 Å². The number of ether oxygens (including phenoxy) is 1. The van der Waals surface area contributed by atoms with E-state index in [1.165, 1.54) is 0 Å². The van der Waals surface area contributed by atoms with Gasteiger partial charge in [-0.25, -0.2) is 8.78 Å². The third-order valence-corrected chi connectivity index (χ3v) is 2.17. The van der Waals surface area contributed by atoms with Gasteiger partial charge >= 0.3 is 6.36 Å². The summed E-state index contributed by atoms with van der Waals surface area (Å²) in [7, 11) is 0. The topological polar surface area (TPSA) is 65.2 Å². The minimum Gasteiger partial charge on any atom is -0.404 e. The maximum Gasteiger partial charge on any atom is 0.573 e. The summed E-state index contributed by atoms with van der Waals surface area (Å²) in [5.74, 6) is -1.38. The van der Waals surface area contributed by atoms with Crippen LogP contribution in [0.2, 0.25) is 0 Å². The number of nitrogens with two attached hydrogens (primary N) is 1. The van der Waals surface area contributed by atoms with Gasteiger partial charge in [-0.15, -0.1) is 13.2 Å². The average Bonchev–Trinajstić information content (AvgIpc) is 2.25. The number of nitrogens with zero attached hydrogens (tertiary/aromatic N) is 1. The number of alkyl halides is 5. The van der Waals surface area contributed by atoms with E-state index in [2.05, 4.69) is 9.72 Å². The van der Waals surface area contributed by atoms with E-state index in [-0.39, 0.29) is 5.69 Å². The summed E-state index contributed by atoms with van der Waals surface area (Å²) >= 11 is 5.07. The molecule has 0 aliphatic heterocycles. The molecule has 0 spiro atoms. The van der Waals surface area contributed by atoms with Gasteiger partial charge < -0.3 is 10.5 Å². The van der Waals surface area contributed by atoms with Crippen molar-refractivity contribution < 1.29 is 31.5 Å². The van der Waals surface area contributed by atoms with E-state index in [9.17, 15) is 26.7 Å². The third-order valence-electron chi connectivity index (χ3n) is 1.98. The molecule has 0 bridgehead atoms. The molecule has 0 amide bonds. The van der Waals surface area contributed by atoms with Crippen LogP contribution in [0.3, 0.4) is 0 Å². The van der Waals surface area contributed by atoms with Crippen molar-refractivity contribution in [1.29, 1.82) is 0 Å². The Balaban J connectivity index is 3.53. The molecule has 10 heteroatoms. The van der Waals surface area contributed by atoms with Gasteiger partial charge in [0.2, 0.25) is 0 Å². The first kappa shape index (κ1) is 15.6. The number of hydrogen-bond acceptors (Lipinski definition) is 4. The van der Waals surface area contributed by atoms with Gasteiger partial charge in [-0.2, -0.15) is 0 Å². The van der Waals surface area contributed by atoms with E-state index >= 15 is 0 Å². The number of rotatable bonds is 4. The second kappa shape index (κ2) is 5.66. The van der Waals surface area contributed by atoms with Crippen molar-refractivity contribution in [3.05, 3.63) is 23.0 Å². The fourth-order valence-corrected chi connectivity index (χ4v) is 1.48. The average molecular weight is 305 g/mol. The molecule has 0 saturated heterocycles. The third kappa shape index (κ3) is 3.74. The molecular weight excluding hydrogens is 299 g/mol. The van der Waals surface area contributed by atoms with Crippen molar-refractivity contribution in [3.63, 3.8) is 0 Å². The molecule has 0 unspecified atom stereocenters. The van der Waals surface area contributed by atoms with Gasteiger partial charge in [-0.3, -0.25) is 9.78 Å². The molecule has 1 aromatic heterocycles. The Labute approximate surface area is 108 Å². The Kier molecular flexibility index (Phi) is 4.64. The second-order valence-electron chi connectivity index (χ2n) is 3.19. The fourth-order valence-electron chi connectivity index (χ4n) is 1.28. The first-order valence-corrected chi connectivity index (χ1v) is 5.00. The van der Waals surface area contributed by atoms with Gasteiger partial charge in [-0.1, -0.05) is 0 Å². The predicted octanol–water partition coefficient (Wildman–Crippen LogP) is 2.76. The van der Waals surface area contributed by atoms with Crippen LogP contribution in [0.25, 0.3) is 0 Å². The summed E-state index contributed by atoms with van der Waals surface area (Å²) in [5.41, 5.74) is 2.66. The molecule has 0 aromatic carbocycles. The van der Waals surface area contributed by atoms with Crippen LogP contribution < -0.4 is 10.5 Å². The van der Waals surface area contributed by atoms with Crippen molar-refractivity contribution in [1.82, 2.24) is 4.98 Å². The van der Waals surface area contributed by atoms with E-state index in [1.807, 2.05) is 0 Å². The van der Waals surface area contributed by atoms with Crippen LogP contribution in [-0.2, 0) is 6.54 Å². The lowest BCUT2D eigenvalue weighted by Gasteiger charge is -2.16. The molecule has 0 atom stereocenters. The van der Waals surface area contributed by atoms with E-state index in [1.54, 1.807) is 0 Å². The zero-order chi connectivity index (χ0) is 14.8. The van der Waals surface area contributed by atoms with Crippen molar-refractivity contribution in [2.75, 3.05) is 0 Å². The zero-order valence-corrected chi connectivity index (χ0v) is 9.73. The van der Waals surface area contributed by atoms with Crippen molar-refractivity contribution in [2.45, 2.75) is 19.3 Å². The van der Waals surface area contributed by atoms with Gasteiger partial charge in [0.15, 0.2) is 5.75 Å². The molecule has 0 saturated carbocycles. The van der Waals surface area contributed by atoms with Crippen molar-refractivity contribution in [3.8, 4) is 5.75 Å². The van der Waals surface area contributed by atoms with E-state index in [0.717, 1.165) is 0 Å². The Morgan fingerprint density at radius 3 is 2.42 bits per heavy atom. The van der Waals surface area contributed by atoms with Gasteiger partial charge in [0.1, 0.15) is 0 Å². The van der Waals surface area contributed by atoms with Gasteiger partial charge in [0.25, 0.3) is 11.7 Å². The van der Waals surface area contributed by atoms with E-state index in [4.69, 9.17) is 17.3 Å². The lowest BCUT2D eigenvalue weighted by atomic mass is 10.1. The Morgan fingerprint density at radius 1 is 1.47 bits per heavy atom. The van der Waals surface area contributed by atoms with Crippen LogP contribution in [0.15, 0.2) is 6.20 Å². The maximum atomic E-state index is 12.6. The lowest BCUT2D eigenvalue weighted by molar-refractivity contribution is -0.275. The molecule has 1 aromatic rings. The van der Waals surface area contributed by atoms with Crippen molar-refractivity contribution in [2.24, 2.45) is 5.73 Å². The Hall–Kier alpha value is -1.48. The molecule has 0 aliphatic rings. The SMILES string of the molecule is NCc1ncc(C(F)F)c(OC(F)(F)F)c1C(=O)Cl. The molecule has 4 nitrogen and oxygen atoms in total. The molecular formula is C9H6ClF5N2O2. The van der Waals surface area contributed by atoms with Gasteiger partial charge in [0.05, 0.1) is 16.8 Å². The summed E-state index contributed by atoms with van der Waals surface area (Å²) in [5, 5.41) is -1.42. The van der Waals surface area contributed by atoms with E-state index < -0.39 is 41.5 Å². The quantitative estimate of drug-likeness (QED) is 0.686. The molecule has 2 N–H and O–H groups in total. The number of carbonyl (C=O) groups excluding carboxylic acids is 1. The lowest BCUT2D eigenvalue weighted by Crippen LogP contribution is -2.21. The summed E-state index contributed by atoms with van der Waals surface area (Å²) < 4.78 is 65.2. The minimum absolute atomic E-state index is 0.372. The molecule has 19 heavy (non-hydrogen) atoms. The van der Waals surface area contributed by atoms with Gasteiger partial charge in [0, 0.05) is 12.7 Å². The molecule has 1 heterocycles. The summed E-state index contributed by atoms with van der Waals surface area (Å²) in [6.45, 7) is -0.467. The van der Waals surface area contributed by atoms with Crippen molar-refractivity contribution >= 4 is 16.8 Å². The van der Waals surface area contributed by atoms with Crippen LogP contribution >= 0.6 is 11.6 Å². The standard InChI is InChI=1S/C9H6ClF5N2O2/c10-7(18)5-4(1-16)17-2-3(8(11)12)6(5)19-9(13,14)15/h2,8H,1,16H2. The highest BCUT2D eigenvalue weighted by Crippen LogP contribution is 2.37. The largest absolute Gasteiger partial charge is 0.573 e. The smallest absolute Gasteiger partial charge is 0.404 e. The molecule has 0 fully saturated rings. The highest BCUT2D eigenvalue weighted by molar-refractivity contribution is 6.68. The number of halogens is 6. The highest BCUT2D eigenvalue weighted by atomic mass is 35.5. The van der Waals surface area contributed by atoms with E-state index in [0.29, 0.717) is 6.20 Å². The molecule has 1 rings (SSSR count). The molecule has 0 aliphatic carbocycles. The second-order valence-corrected chi connectivity index (χ2v) is 3.53. The Bertz CT molecular complexity index is 492.